The van der Waals surface area contributed by atoms with E-state index in [-0.39, 0.29) is 59.7 Å². The molecule has 2 rings (SSSR count). The van der Waals surface area contributed by atoms with Gasteiger partial charge in [-0.1, -0.05) is 18.6 Å². The molecule has 1 aromatic heterocycles. The number of non-ortho nitro benzene ring substituents is 1. The van der Waals surface area contributed by atoms with Crippen LogP contribution in [0.15, 0.2) is 42.6 Å². The van der Waals surface area contributed by atoms with Crippen LogP contribution in [0.1, 0.15) is 49.3 Å². The SMILES string of the molecule is Cc1ccnc(NCCCCCC(=O)NCC(=O)NC(CC(=O)[O-])c2cccc([N+](=O)[O-])c2)c1.[Na+]. The second-order valence-electron chi connectivity index (χ2n) is 7.78. The van der Waals surface area contributed by atoms with Crippen molar-refractivity contribution in [3.05, 3.63) is 63.8 Å². The Morgan fingerprint density at radius 3 is 2.54 bits per heavy atom. The summed E-state index contributed by atoms with van der Waals surface area (Å²) in [6, 6.07) is 8.17. The van der Waals surface area contributed by atoms with E-state index in [2.05, 4.69) is 20.9 Å². The molecule has 0 bridgehead atoms. The number of aliphatic carboxylic acids is 1. The van der Waals surface area contributed by atoms with Crippen LogP contribution in [0.25, 0.3) is 0 Å². The Balaban J connectivity index is 0.00000612. The fourth-order valence-electron chi connectivity index (χ4n) is 3.22. The fraction of sp³-hybridized carbons (Fsp3) is 0.391. The number of hydrogen-bond donors (Lipinski definition) is 3. The standard InChI is InChI=1S/C23H29N5O6.Na/c1-16-9-11-25-20(12-16)24-10-4-2-3-8-21(29)26-15-22(30)27-19(14-23(31)32)17-6-5-7-18(13-17)28(33)34;/h5-7,9,11-13,19H,2-4,8,10,14-15H2,1H3,(H,24,25)(H,26,29)(H,27,30)(H,31,32);/q;+1/p-1. The summed E-state index contributed by atoms with van der Waals surface area (Å²) in [7, 11) is 0. The summed E-state index contributed by atoms with van der Waals surface area (Å²) in [6.07, 6.45) is 3.76. The first kappa shape index (κ1) is 30.0. The van der Waals surface area contributed by atoms with Crippen molar-refractivity contribution in [1.82, 2.24) is 15.6 Å². The van der Waals surface area contributed by atoms with Crippen molar-refractivity contribution < 1.29 is 54.0 Å². The van der Waals surface area contributed by atoms with Crippen molar-refractivity contribution in [2.24, 2.45) is 0 Å². The number of hydrogen-bond acceptors (Lipinski definition) is 8. The van der Waals surface area contributed by atoms with Gasteiger partial charge in [0.05, 0.1) is 17.5 Å². The number of anilines is 1. The number of carbonyl (C=O) groups is 3. The van der Waals surface area contributed by atoms with Crippen LogP contribution in [0.2, 0.25) is 0 Å². The molecule has 11 nitrogen and oxygen atoms in total. The smallest absolute Gasteiger partial charge is 0.550 e. The van der Waals surface area contributed by atoms with E-state index in [1.165, 1.54) is 24.3 Å². The third kappa shape index (κ3) is 11.8. The Kier molecular flexibility index (Phi) is 13.5. The van der Waals surface area contributed by atoms with Gasteiger partial charge in [-0.3, -0.25) is 19.7 Å². The van der Waals surface area contributed by atoms with Crippen LogP contribution in [0.5, 0.6) is 0 Å². The minimum atomic E-state index is -1.42. The molecule has 1 atom stereocenters. The summed E-state index contributed by atoms with van der Waals surface area (Å²) >= 11 is 0. The predicted molar refractivity (Wildman–Crippen MR) is 123 cm³/mol. The molecule has 0 aliphatic carbocycles. The number of unbranched alkanes of at least 4 members (excludes halogenated alkanes) is 2. The fourth-order valence-corrected chi connectivity index (χ4v) is 3.22. The normalized spacial score (nSPS) is 11.0. The van der Waals surface area contributed by atoms with E-state index in [1.54, 1.807) is 6.20 Å². The molecular formula is C23H28N5NaO6. The molecule has 0 saturated heterocycles. The van der Waals surface area contributed by atoms with Gasteiger partial charge in [0, 0.05) is 43.7 Å². The van der Waals surface area contributed by atoms with Crippen LogP contribution >= 0.6 is 0 Å². The molecule has 1 unspecified atom stereocenters. The number of aromatic nitrogens is 1. The summed E-state index contributed by atoms with van der Waals surface area (Å²) in [5, 5.41) is 30.2. The minimum absolute atomic E-state index is 0. The average Bonchev–Trinajstić information content (AvgIpc) is 2.79. The molecule has 1 heterocycles. The molecule has 3 N–H and O–H groups in total. The number of nitro benzene ring substituents is 1. The molecule has 12 heteroatoms. The Morgan fingerprint density at radius 2 is 1.86 bits per heavy atom. The number of nitrogens with one attached hydrogen (secondary N) is 3. The second-order valence-corrected chi connectivity index (χ2v) is 7.78. The van der Waals surface area contributed by atoms with E-state index < -0.39 is 29.3 Å². The number of rotatable bonds is 14. The summed E-state index contributed by atoms with van der Waals surface area (Å²) in [4.78, 5) is 49.8. The van der Waals surface area contributed by atoms with Gasteiger partial charge in [0.25, 0.3) is 5.69 Å². The topological polar surface area (TPSA) is 166 Å². The van der Waals surface area contributed by atoms with Crippen LogP contribution < -0.4 is 50.6 Å². The molecule has 2 amide bonds. The molecule has 0 fully saturated rings. The summed E-state index contributed by atoms with van der Waals surface area (Å²) in [6.45, 7) is 2.39. The number of nitrogens with zero attached hydrogens (tertiary/aromatic N) is 2. The number of carboxylic acid groups (broad SMARTS) is 1. The molecule has 0 saturated carbocycles. The van der Waals surface area contributed by atoms with Crippen LogP contribution in [0.4, 0.5) is 11.5 Å². The van der Waals surface area contributed by atoms with Crippen molar-refractivity contribution >= 4 is 29.3 Å². The first-order chi connectivity index (χ1) is 16.2. The van der Waals surface area contributed by atoms with Crippen molar-refractivity contribution in [2.75, 3.05) is 18.4 Å². The molecule has 182 valence electrons. The molecule has 35 heavy (non-hydrogen) atoms. The average molecular weight is 493 g/mol. The number of carbonyl (C=O) groups excluding carboxylic acids is 3. The molecule has 2 aromatic rings. The van der Waals surface area contributed by atoms with Gasteiger partial charge in [-0.05, 0) is 43.0 Å². The van der Waals surface area contributed by atoms with Crippen molar-refractivity contribution in [3.8, 4) is 0 Å². The summed E-state index contributed by atoms with van der Waals surface area (Å²) in [5.74, 6) is -1.52. The van der Waals surface area contributed by atoms with Gasteiger partial charge < -0.3 is 25.9 Å². The third-order valence-electron chi connectivity index (χ3n) is 4.94. The first-order valence-electron chi connectivity index (χ1n) is 10.9. The number of nitro groups is 1. The van der Waals surface area contributed by atoms with Crippen molar-refractivity contribution in [1.29, 1.82) is 0 Å². The van der Waals surface area contributed by atoms with E-state index in [0.29, 0.717) is 6.42 Å². The number of pyridine rings is 1. The molecule has 1 aromatic carbocycles. The summed E-state index contributed by atoms with van der Waals surface area (Å²) < 4.78 is 0. The van der Waals surface area contributed by atoms with Gasteiger partial charge in [0.1, 0.15) is 5.82 Å². The third-order valence-corrected chi connectivity index (χ3v) is 4.94. The predicted octanol–water partition coefficient (Wildman–Crippen LogP) is -1.61. The Hall–Kier alpha value is -3.02. The molecule has 0 spiro atoms. The Morgan fingerprint density at radius 1 is 1.09 bits per heavy atom. The van der Waals surface area contributed by atoms with Crippen LogP contribution in [-0.2, 0) is 14.4 Å². The molecular weight excluding hydrogens is 465 g/mol. The molecule has 0 aliphatic heterocycles. The maximum atomic E-state index is 12.2. The minimum Gasteiger partial charge on any atom is -0.550 e. The van der Waals surface area contributed by atoms with Crippen LogP contribution in [0, 0.1) is 17.0 Å². The largest absolute Gasteiger partial charge is 1.00 e. The number of amides is 2. The monoisotopic (exact) mass is 493 g/mol. The molecule has 0 aliphatic rings. The van der Waals surface area contributed by atoms with Crippen LogP contribution in [0.3, 0.4) is 0 Å². The zero-order valence-electron chi connectivity index (χ0n) is 19.9. The van der Waals surface area contributed by atoms with E-state index in [1.807, 2.05) is 19.1 Å². The van der Waals surface area contributed by atoms with E-state index in [9.17, 15) is 29.6 Å². The van der Waals surface area contributed by atoms with Gasteiger partial charge in [0.2, 0.25) is 11.8 Å². The quantitative estimate of drug-likeness (QED) is 0.122. The van der Waals surface area contributed by atoms with E-state index in [4.69, 9.17) is 0 Å². The number of benzene rings is 1. The van der Waals surface area contributed by atoms with E-state index in [0.717, 1.165) is 30.8 Å². The first-order valence-corrected chi connectivity index (χ1v) is 10.9. The van der Waals surface area contributed by atoms with Gasteiger partial charge in [-0.25, -0.2) is 4.98 Å². The van der Waals surface area contributed by atoms with E-state index >= 15 is 0 Å². The second kappa shape index (κ2) is 15.8. The number of carboxylic acids is 1. The number of aryl methyl sites for hydroxylation is 1. The van der Waals surface area contributed by atoms with Gasteiger partial charge in [-0.2, -0.15) is 0 Å². The van der Waals surface area contributed by atoms with Gasteiger partial charge >= 0.3 is 29.6 Å². The van der Waals surface area contributed by atoms with Gasteiger partial charge in [0.15, 0.2) is 0 Å². The Bertz CT molecular complexity index is 1020. The maximum absolute atomic E-state index is 12.2. The van der Waals surface area contributed by atoms with Gasteiger partial charge in [-0.15, -0.1) is 0 Å². The van der Waals surface area contributed by atoms with Crippen LogP contribution in [-0.4, -0.2) is 40.8 Å². The van der Waals surface area contributed by atoms with Crippen molar-refractivity contribution in [3.63, 3.8) is 0 Å². The zero-order chi connectivity index (χ0) is 24.9. The Labute approximate surface area is 225 Å². The molecule has 0 radical (unpaired) electrons. The zero-order valence-corrected chi connectivity index (χ0v) is 21.9. The maximum Gasteiger partial charge on any atom is 1.00 e. The summed E-state index contributed by atoms with van der Waals surface area (Å²) in [5.41, 5.74) is 1.15. The van der Waals surface area contributed by atoms with Crippen molar-refractivity contribution in [2.45, 2.75) is 45.1 Å².